The second-order valence-corrected chi connectivity index (χ2v) is 15.0. The maximum atomic E-state index is 6.47. The van der Waals surface area contributed by atoms with Gasteiger partial charge in [-0.05, 0) is 111 Å². The van der Waals surface area contributed by atoms with Gasteiger partial charge in [0.15, 0.2) is 0 Å². The zero-order chi connectivity index (χ0) is 37.5. The van der Waals surface area contributed by atoms with Crippen LogP contribution in [0.5, 0.6) is 0 Å². The second-order valence-electron chi connectivity index (χ2n) is 15.0. The van der Waals surface area contributed by atoms with Crippen LogP contribution in [0.2, 0.25) is 0 Å². The fourth-order valence-electron chi connectivity index (χ4n) is 9.76. The molecule has 0 aliphatic rings. The molecule has 0 amide bonds. The van der Waals surface area contributed by atoms with Crippen LogP contribution < -0.4 is 0 Å². The van der Waals surface area contributed by atoms with E-state index < -0.39 is 0 Å². The van der Waals surface area contributed by atoms with E-state index in [1.54, 1.807) is 0 Å². The molecule has 0 radical (unpaired) electrons. The molecule has 1 aromatic heterocycles. The molecule has 0 aliphatic heterocycles. The van der Waals surface area contributed by atoms with Crippen molar-refractivity contribution in [2.45, 2.75) is 0 Å². The van der Waals surface area contributed by atoms with Crippen LogP contribution >= 0.6 is 0 Å². The van der Waals surface area contributed by atoms with Crippen molar-refractivity contribution in [3.05, 3.63) is 206 Å². The van der Waals surface area contributed by atoms with Crippen molar-refractivity contribution in [3.8, 4) is 44.5 Å². The smallest absolute Gasteiger partial charge is 0.136 e. The van der Waals surface area contributed by atoms with Crippen molar-refractivity contribution in [2.75, 3.05) is 0 Å². The summed E-state index contributed by atoms with van der Waals surface area (Å²) in [7, 11) is 0. The number of rotatable bonds is 4. The molecule has 1 nitrogen and oxygen atoms in total. The van der Waals surface area contributed by atoms with Gasteiger partial charge >= 0.3 is 0 Å². The molecule has 11 aromatic carbocycles. The molecule has 0 saturated carbocycles. The summed E-state index contributed by atoms with van der Waals surface area (Å²) in [6, 6.07) is 75.4. The second kappa shape index (κ2) is 12.5. The first-order valence-corrected chi connectivity index (χ1v) is 19.7. The fourth-order valence-corrected chi connectivity index (χ4v) is 9.76. The quantitative estimate of drug-likeness (QED) is 0.130. The standard InChI is InChI=1S/C56H34O/c1-2-17-35(18-3-1)36-28-14-30-47(44-31-16-34-51-54(44)48-27-12-13-33-50(48)57-51)55(36)56-45-25-10-8-23-42(45)53(43-24-9-11-26-46(43)56)49-32-15-29-41-39-20-5-4-19-37(39)38-21-6-7-22-40(38)52(41)49/h1-34H. The van der Waals surface area contributed by atoms with E-state index >= 15 is 0 Å². The first-order chi connectivity index (χ1) is 28.3. The molecule has 0 fully saturated rings. The third-order valence-corrected chi connectivity index (χ3v) is 12.1. The molecule has 12 rings (SSSR count). The highest BCUT2D eigenvalue weighted by atomic mass is 16.3. The zero-order valence-electron chi connectivity index (χ0n) is 31.0. The largest absolute Gasteiger partial charge is 0.456 e. The van der Waals surface area contributed by atoms with Crippen LogP contribution in [0, 0.1) is 0 Å². The van der Waals surface area contributed by atoms with Gasteiger partial charge in [0.05, 0.1) is 0 Å². The number of hydrogen-bond donors (Lipinski definition) is 0. The van der Waals surface area contributed by atoms with Gasteiger partial charge in [-0.3, -0.25) is 0 Å². The number of fused-ring (bicyclic) bond motifs is 11. The minimum atomic E-state index is 0.894. The molecular formula is C56H34O. The lowest BCUT2D eigenvalue weighted by molar-refractivity contribution is 0.669. The SMILES string of the molecule is c1ccc(-c2cccc(-c3cccc4oc5ccccc5c34)c2-c2c3ccccc3c(-c3cccc4c5ccccc5c5ccccc5c34)c3ccccc23)cc1. The summed E-state index contributed by atoms with van der Waals surface area (Å²) in [5.41, 5.74) is 11.5. The monoisotopic (exact) mass is 722 g/mol. The van der Waals surface area contributed by atoms with Crippen LogP contribution in [-0.2, 0) is 0 Å². The number of hydrogen-bond acceptors (Lipinski definition) is 1. The molecule has 1 heteroatoms. The molecule has 0 atom stereocenters. The average molecular weight is 723 g/mol. The molecule has 0 saturated heterocycles. The lowest BCUT2D eigenvalue weighted by Gasteiger charge is -2.23. The first kappa shape index (κ1) is 31.8. The molecule has 12 aromatic rings. The van der Waals surface area contributed by atoms with E-state index in [0.29, 0.717) is 0 Å². The molecular weight excluding hydrogens is 689 g/mol. The Morgan fingerprint density at radius 1 is 0.211 bits per heavy atom. The Morgan fingerprint density at radius 2 is 0.632 bits per heavy atom. The van der Waals surface area contributed by atoms with Crippen LogP contribution in [-0.4, -0.2) is 0 Å². The number of para-hydroxylation sites is 1. The topological polar surface area (TPSA) is 13.1 Å². The summed E-state index contributed by atoms with van der Waals surface area (Å²) in [5, 5.41) is 14.9. The predicted molar refractivity (Wildman–Crippen MR) is 243 cm³/mol. The highest BCUT2D eigenvalue weighted by molar-refractivity contribution is 6.32. The number of furan rings is 1. The Kier molecular flexibility index (Phi) is 7.00. The van der Waals surface area contributed by atoms with E-state index in [9.17, 15) is 0 Å². The van der Waals surface area contributed by atoms with Gasteiger partial charge in [0.1, 0.15) is 11.2 Å². The highest BCUT2D eigenvalue weighted by Gasteiger charge is 2.25. The van der Waals surface area contributed by atoms with Gasteiger partial charge in [-0.15, -0.1) is 0 Å². The molecule has 57 heavy (non-hydrogen) atoms. The summed E-state index contributed by atoms with van der Waals surface area (Å²) in [5.74, 6) is 0. The Labute approximate surface area is 329 Å². The fraction of sp³-hybridized carbons (Fsp3) is 0. The molecule has 0 bridgehead atoms. The van der Waals surface area contributed by atoms with E-state index in [1.807, 2.05) is 6.07 Å². The first-order valence-electron chi connectivity index (χ1n) is 19.7. The molecule has 0 unspecified atom stereocenters. The van der Waals surface area contributed by atoms with E-state index in [0.717, 1.165) is 27.5 Å². The van der Waals surface area contributed by atoms with Crippen molar-refractivity contribution in [2.24, 2.45) is 0 Å². The highest BCUT2D eigenvalue weighted by Crippen LogP contribution is 2.52. The Balaban J connectivity index is 1.26. The minimum Gasteiger partial charge on any atom is -0.456 e. The van der Waals surface area contributed by atoms with Crippen molar-refractivity contribution >= 4 is 75.8 Å². The van der Waals surface area contributed by atoms with Gasteiger partial charge in [-0.1, -0.05) is 194 Å². The van der Waals surface area contributed by atoms with Crippen LogP contribution in [0.15, 0.2) is 211 Å². The average Bonchev–Trinajstić information content (AvgIpc) is 3.67. The van der Waals surface area contributed by atoms with Crippen LogP contribution in [0.3, 0.4) is 0 Å². The Morgan fingerprint density at radius 3 is 1.30 bits per heavy atom. The third kappa shape index (κ3) is 4.70. The molecule has 0 spiro atoms. The normalized spacial score (nSPS) is 11.9. The van der Waals surface area contributed by atoms with Crippen LogP contribution in [0.1, 0.15) is 0 Å². The van der Waals surface area contributed by atoms with Gasteiger partial charge < -0.3 is 4.42 Å². The summed E-state index contributed by atoms with van der Waals surface area (Å²) in [6.07, 6.45) is 0. The molecule has 264 valence electrons. The van der Waals surface area contributed by atoms with Gasteiger partial charge in [-0.25, -0.2) is 0 Å². The maximum Gasteiger partial charge on any atom is 0.136 e. The lowest BCUT2D eigenvalue weighted by Crippen LogP contribution is -1.96. The maximum absolute atomic E-state index is 6.47. The lowest BCUT2D eigenvalue weighted by atomic mass is 9.79. The van der Waals surface area contributed by atoms with Crippen LogP contribution in [0.25, 0.3) is 120 Å². The van der Waals surface area contributed by atoms with E-state index in [4.69, 9.17) is 4.42 Å². The summed E-state index contributed by atoms with van der Waals surface area (Å²) >= 11 is 0. The zero-order valence-corrected chi connectivity index (χ0v) is 31.0. The molecule has 0 N–H and O–H groups in total. The summed E-state index contributed by atoms with van der Waals surface area (Å²) < 4.78 is 6.47. The van der Waals surface area contributed by atoms with Gasteiger partial charge in [0, 0.05) is 10.8 Å². The Hall–Kier alpha value is -7.48. The third-order valence-electron chi connectivity index (χ3n) is 12.1. The van der Waals surface area contributed by atoms with E-state index in [-0.39, 0.29) is 0 Å². The number of benzene rings is 11. The van der Waals surface area contributed by atoms with Crippen molar-refractivity contribution in [1.29, 1.82) is 0 Å². The summed E-state index contributed by atoms with van der Waals surface area (Å²) in [6.45, 7) is 0. The molecule has 1 heterocycles. The van der Waals surface area contributed by atoms with Gasteiger partial charge in [-0.2, -0.15) is 0 Å². The molecule has 0 aliphatic carbocycles. The summed E-state index contributed by atoms with van der Waals surface area (Å²) in [4.78, 5) is 0. The van der Waals surface area contributed by atoms with Crippen molar-refractivity contribution in [1.82, 2.24) is 0 Å². The minimum absolute atomic E-state index is 0.894. The van der Waals surface area contributed by atoms with Crippen molar-refractivity contribution in [3.63, 3.8) is 0 Å². The van der Waals surface area contributed by atoms with E-state index in [2.05, 4.69) is 200 Å². The van der Waals surface area contributed by atoms with Gasteiger partial charge in [0.25, 0.3) is 0 Å². The van der Waals surface area contributed by atoms with Crippen LogP contribution in [0.4, 0.5) is 0 Å². The predicted octanol–water partition coefficient (Wildman–Crippen LogP) is 16.0. The van der Waals surface area contributed by atoms with Crippen molar-refractivity contribution < 1.29 is 4.42 Å². The Bertz CT molecular complexity index is 3470. The van der Waals surface area contributed by atoms with Gasteiger partial charge in [0.2, 0.25) is 0 Å². The van der Waals surface area contributed by atoms with E-state index in [1.165, 1.54) is 92.8 Å².